The molecule has 1 aromatic heterocycles. The topological polar surface area (TPSA) is 133 Å². The lowest BCUT2D eigenvalue weighted by molar-refractivity contribution is -0.137. The molecule has 6 rings (SSSR count). The van der Waals surface area contributed by atoms with Crippen LogP contribution in [0.3, 0.4) is 0 Å². The van der Waals surface area contributed by atoms with Crippen LogP contribution in [0.15, 0.2) is 83.9 Å². The molecule has 3 N–H and O–H groups in total. The number of amides is 2. The molecule has 2 aliphatic heterocycles. The third kappa shape index (κ3) is 8.66. The van der Waals surface area contributed by atoms with Gasteiger partial charge in [0.25, 0.3) is 0 Å². The Morgan fingerprint density at radius 2 is 1.64 bits per heavy atom. The Balaban J connectivity index is 1.05. The number of nitrogens with zero attached hydrogens (tertiary/aromatic N) is 3. The predicted molar refractivity (Wildman–Crippen MR) is 182 cm³/mol. The van der Waals surface area contributed by atoms with Gasteiger partial charge in [-0.05, 0) is 84.8 Å². The van der Waals surface area contributed by atoms with Gasteiger partial charge in [-0.2, -0.15) is 18.2 Å². The number of aromatic nitrogens is 2. The molecule has 4 aromatic rings. The summed E-state index contributed by atoms with van der Waals surface area (Å²) in [6.07, 6.45) is -0.122. The summed E-state index contributed by atoms with van der Waals surface area (Å²) in [5.41, 5.74) is 3.30. The molecule has 0 aliphatic carbocycles. The van der Waals surface area contributed by atoms with Crippen LogP contribution >= 0.6 is 0 Å². The molecule has 1 unspecified atom stereocenters. The van der Waals surface area contributed by atoms with Gasteiger partial charge in [0.2, 0.25) is 17.8 Å². The Hall–Kier alpha value is -4.82. The molecule has 2 saturated heterocycles. The zero-order chi connectivity index (χ0) is 35.5. The smallest absolute Gasteiger partial charge is 0.365 e. The van der Waals surface area contributed by atoms with Crippen LogP contribution in [-0.2, 0) is 38.7 Å². The van der Waals surface area contributed by atoms with Crippen LogP contribution in [0.25, 0.3) is 0 Å². The number of sulfone groups is 1. The molecular weight excluding hydrogens is 669 g/mol. The standard InChI is InChI=1S/C36H37F3N6O4S/c1-50(48,49)29-7-3-4-23(19-29)20-40-33-31(36(37,38)39)21-41-35(44-33)42-28-10-8-25(9-11-28)26-14-16-45(17-15-26)22-24-5-2-6-27(18-24)30-12-13-32(46)43-34(30)47/h2-11,18-19,21,26,30H,12-17,20,22H2,1H3,(H,43,46,47)(H2,40,41,42,44). The lowest BCUT2D eigenvalue weighted by Gasteiger charge is -2.32. The molecule has 3 heterocycles. The summed E-state index contributed by atoms with van der Waals surface area (Å²) >= 11 is 0. The quantitative estimate of drug-likeness (QED) is 0.166. The summed E-state index contributed by atoms with van der Waals surface area (Å²) in [7, 11) is -3.48. The first kappa shape index (κ1) is 35.0. The van der Waals surface area contributed by atoms with Gasteiger partial charge in [0.15, 0.2) is 9.84 Å². The second-order valence-electron chi connectivity index (χ2n) is 12.8. The molecule has 0 saturated carbocycles. The van der Waals surface area contributed by atoms with Crippen LogP contribution in [0, 0.1) is 0 Å². The normalized spacial score (nSPS) is 17.7. The van der Waals surface area contributed by atoms with E-state index in [1.54, 1.807) is 6.07 Å². The SMILES string of the molecule is CS(=O)(=O)c1cccc(CNc2nc(Nc3ccc(C4CCN(Cc5cccc(C6CCC(=O)NC6=O)c5)CC4)cc3)ncc2C(F)(F)F)c1. The summed E-state index contributed by atoms with van der Waals surface area (Å²) < 4.78 is 65.1. The van der Waals surface area contributed by atoms with E-state index in [0.717, 1.165) is 56.1 Å². The molecule has 1 atom stereocenters. The van der Waals surface area contributed by atoms with Crippen molar-refractivity contribution in [2.24, 2.45) is 0 Å². The van der Waals surface area contributed by atoms with Crippen molar-refractivity contribution in [2.75, 3.05) is 30.0 Å². The van der Waals surface area contributed by atoms with Crippen molar-refractivity contribution in [3.05, 3.63) is 107 Å². The maximum Gasteiger partial charge on any atom is 0.421 e. The molecular formula is C36H37F3N6O4S. The van der Waals surface area contributed by atoms with Gasteiger partial charge in [0, 0.05) is 37.7 Å². The summed E-state index contributed by atoms with van der Waals surface area (Å²) in [6, 6.07) is 21.7. The van der Waals surface area contributed by atoms with Gasteiger partial charge in [-0.3, -0.25) is 19.8 Å². The second-order valence-corrected chi connectivity index (χ2v) is 14.8. The minimum absolute atomic E-state index is 0.0203. The zero-order valence-electron chi connectivity index (χ0n) is 27.3. The molecule has 0 radical (unpaired) electrons. The van der Waals surface area contributed by atoms with Crippen molar-refractivity contribution in [2.45, 2.75) is 61.7 Å². The third-order valence-electron chi connectivity index (χ3n) is 9.11. The van der Waals surface area contributed by atoms with Crippen molar-refractivity contribution in [3.63, 3.8) is 0 Å². The third-order valence-corrected chi connectivity index (χ3v) is 10.2. The zero-order valence-corrected chi connectivity index (χ0v) is 28.2. The first-order chi connectivity index (χ1) is 23.8. The largest absolute Gasteiger partial charge is 0.421 e. The molecule has 0 spiro atoms. The Bertz CT molecular complexity index is 1980. The van der Waals surface area contributed by atoms with Crippen LogP contribution in [-0.4, -0.2) is 54.4 Å². The Kier molecular flexibility index (Phi) is 10.2. The second kappa shape index (κ2) is 14.6. The average molecular weight is 707 g/mol. The van der Waals surface area contributed by atoms with Crippen molar-refractivity contribution in [1.82, 2.24) is 20.2 Å². The molecule has 3 aromatic carbocycles. The molecule has 0 bridgehead atoms. The number of halogens is 3. The van der Waals surface area contributed by atoms with Crippen molar-refractivity contribution >= 4 is 39.1 Å². The van der Waals surface area contributed by atoms with Crippen molar-refractivity contribution < 1.29 is 31.2 Å². The number of anilines is 3. The molecule has 14 heteroatoms. The molecule has 50 heavy (non-hydrogen) atoms. The van der Waals surface area contributed by atoms with Gasteiger partial charge >= 0.3 is 6.18 Å². The fourth-order valence-electron chi connectivity index (χ4n) is 6.43. The van der Waals surface area contributed by atoms with E-state index in [1.165, 1.54) is 23.8 Å². The highest BCUT2D eigenvalue weighted by Gasteiger charge is 2.35. The molecule has 2 amide bonds. The Morgan fingerprint density at radius 1 is 0.920 bits per heavy atom. The van der Waals surface area contributed by atoms with E-state index in [1.807, 2.05) is 36.4 Å². The number of piperidine rings is 2. The lowest BCUT2D eigenvalue weighted by Crippen LogP contribution is -2.39. The van der Waals surface area contributed by atoms with Crippen LogP contribution in [0.1, 0.15) is 65.3 Å². The van der Waals surface area contributed by atoms with Gasteiger partial charge in [-0.25, -0.2) is 13.4 Å². The number of alkyl halides is 3. The Labute approximate surface area is 288 Å². The number of hydrogen-bond donors (Lipinski definition) is 3. The minimum Gasteiger partial charge on any atom is -0.365 e. The van der Waals surface area contributed by atoms with E-state index < -0.39 is 27.4 Å². The van der Waals surface area contributed by atoms with Crippen LogP contribution in [0.5, 0.6) is 0 Å². The lowest BCUT2D eigenvalue weighted by atomic mass is 9.88. The summed E-state index contributed by atoms with van der Waals surface area (Å²) in [4.78, 5) is 34.3. The highest BCUT2D eigenvalue weighted by Crippen LogP contribution is 2.35. The fourth-order valence-corrected chi connectivity index (χ4v) is 7.12. The highest BCUT2D eigenvalue weighted by atomic mass is 32.2. The number of carbonyl (C=O) groups is 2. The van der Waals surface area contributed by atoms with Gasteiger partial charge in [0.1, 0.15) is 11.4 Å². The van der Waals surface area contributed by atoms with E-state index in [0.29, 0.717) is 30.0 Å². The number of imide groups is 1. The number of nitrogens with one attached hydrogen (secondary N) is 3. The first-order valence-corrected chi connectivity index (χ1v) is 18.2. The van der Waals surface area contributed by atoms with Gasteiger partial charge in [-0.15, -0.1) is 0 Å². The van der Waals surface area contributed by atoms with E-state index in [-0.39, 0.29) is 35.1 Å². The van der Waals surface area contributed by atoms with E-state index in [2.05, 4.69) is 43.0 Å². The fraction of sp³-hybridized carbons (Fsp3) is 0.333. The van der Waals surface area contributed by atoms with Crippen LogP contribution in [0.4, 0.5) is 30.6 Å². The van der Waals surface area contributed by atoms with Gasteiger partial charge in [-0.1, -0.05) is 48.5 Å². The summed E-state index contributed by atoms with van der Waals surface area (Å²) in [6.45, 7) is 2.50. The number of benzene rings is 3. The summed E-state index contributed by atoms with van der Waals surface area (Å²) in [5, 5.41) is 8.12. The van der Waals surface area contributed by atoms with E-state index in [4.69, 9.17) is 0 Å². The number of carbonyl (C=O) groups excluding carboxylic acids is 2. The maximum atomic E-state index is 13.8. The van der Waals surface area contributed by atoms with Gasteiger partial charge in [0.05, 0.1) is 10.8 Å². The predicted octanol–water partition coefficient (Wildman–Crippen LogP) is 6.15. The summed E-state index contributed by atoms with van der Waals surface area (Å²) in [5.74, 6) is -0.852. The highest BCUT2D eigenvalue weighted by molar-refractivity contribution is 7.90. The minimum atomic E-state index is -4.70. The monoisotopic (exact) mass is 706 g/mol. The molecule has 262 valence electrons. The molecule has 2 aliphatic rings. The maximum absolute atomic E-state index is 13.8. The van der Waals surface area contributed by atoms with E-state index >= 15 is 0 Å². The first-order valence-electron chi connectivity index (χ1n) is 16.3. The number of rotatable bonds is 10. The van der Waals surface area contributed by atoms with E-state index in [9.17, 15) is 31.2 Å². The van der Waals surface area contributed by atoms with Crippen LogP contribution < -0.4 is 16.0 Å². The number of likely N-dealkylation sites (tertiary alicyclic amines) is 1. The van der Waals surface area contributed by atoms with Crippen molar-refractivity contribution in [3.8, 4) is 0 Å². The Morgan fingerprint density at radius 3 is 2.34 bits per heavy atom. The average Bonchev–Trinajstić information content (AvgIpc) is 3.07. The van der Waals surface area contributed by atoms with Crippen LogP contribution in [0.2, 0.25) is 0 Å². The van der Waals surface area contributed by atoms with Crippen molar-refractivity contribution in [1.29, 1.82) is 0 Å². The molecule has 2 fully saturated rings. The van der Waals surface area contributed by atoms with Gasteiger partial charge < -0.3 is 10.6 Å². The number of hydrogen-bond acceptors (Lipinski definition) is 9. The molecule has 10 nitrogen and oxygen atoms in total.